The highest BCUT2D eigenvalue weighted by molar-refractivity contribution is 5.21. The third-order valence-corrected chi connectivity index (χ3v) is 2.78. The highest BCUT2D eigenvalue weighted by atomic mass is 16.5. The van der Waals surface area contributed by atoms with E-state index in [2.05, 4.69) is 6.92 Å². The van der Waals surface area contributed by atoms with E-state index < -0.39 is 0 Å². The van der Waals surface area contributed by atoms with Gasteiger partial charge in [0.2, 0.25) is 0 Å². The Morgan fingerprint density at radius 2 is 1.53 bits per heavy atom. The number of rotatable bonds is 10. The molecule has 0 fully saturated rings. The molecule has 0 spiro atoms. The fraction of sp³-hybridized carbons (Fsp3) is 0.500. The normalized spacial score (nSPS) is 10.4. The summed E-state index contributed by atoms with van der Waals surface area (Å²) < 4.78 is 5.52. The lowest BCUT2D eigenvalue weighted by Gasteiger charge is -2.04. The van der Waals surface area contributed by atoms with E-state index in [4.69, 9.17) is 4.74 Å². The third-order valence-electron chi connectivity index (χ3n) is 2.78. The quantitative estimate of drug-likeness (QED) is 0.505. The van der Waals surface area contributed by atoms with Gasteiger partial charge in [-0.1, -0.05) is 63.6 Å². The number of ether oxygens (including phenoxy) is 1. The molecule has 1 aromatic rings. The van der Waals surface area contributed by atoms with Gasteiger partial charge in [0.15, 0.2) is 0 Å². The Hall–Kier alpha value is -0.980. The van der Waals surface area contributed by atoms with Crippen molar-refractivity contribution in [2.24, 2.45) is 0 Å². The van der Waals surface area contributed by atoms with Crippen molar-refractivity contribution in [3.8, 4) is 5.75 Å². The van der Waals surface area contributed by atoms with E-state index in [0.717, 1.165) is 18.6 Å². The highest BCUT2D eigenvalue weighted by Gasteiger charge is 1.94. The maximum atomic E-state index is 5.52. The molecule has 0 heterocycles. The third kappa shape index (κ3) is 7.84. The second-order valence-corrected chi connectivity index (χ2v) is 4.36. The van der Waals surface area contributed by atoms with Crippen molar-refractivity contribution in [2.45, 2.75) is 51.4 Å². The summed E-state index contributed by atoms with van der Waals surface area (Å²) in [6.07, 6.45) is 10.00. The minimum Gasteiger partial charge on any atom is -0.487 e. The summed E-state index contributed by atoms with van der Waals surface area (Å²) in [7, 11) is 0. The molecule has 0 saturated carbocycles. The Kier molecular flexibility index (Phi) is 8.44. The molecule has 0 N–H and O–H groups in total. The van der Waals surface area contributed by atoms with Crippen molar-refractivity contribution >= 4 is 0 Å². The summed E-state index contributed by atoms with van der Waals surface area (Å²) >= 11 is 0. The molecule has 0 atom stereocenters. The van der Waals surface area contributed by atoms with Gasteiger partial charge < -0.3 is 4.74 Å². The average molecular weight is 232 g/mol. The van der Waals surface area contributed by atoms with E-state index >= 15 is 0 Å². The molecule has 2 radical (unpaired) electrons. The molecule has 0 unspecified atom stereocenters. The van der Waals surface area contributed by atoms with Gasteiger partial charge in [0.1, 0.15) is 12.4 Å². The van der Waals surface area contributed by atoms with Crippen molar-refractivity contribution in [1.82, 2.24) is 0 Å². The molecule has 0 aliphatic rings. The first kappa shape index (κ1) is 14.1. The number of unbranched alkanes of at least 4 members (excludes halogenated alkanes) is 7. The van der Waals surface area contributed by atoms with Crippen molar-refractivity contribution in [3.05, 3.63) is 43.9 Å². The van der Waals surface area contributed by atoms with Gasteiger partial charge in [0.05, 0.1) is 0 Å². The Balaban J connectivity index is 1.85. The summed E-state index contributed by atoms with van der Waals surface area (Å²) in [6.45, 7) is 5.77. The van der Waals surface area contributed by atoms with Crippen molar-refractivity contribution < 1.29 is 4.74 Å². The molecule has 1 nitrogen and oxygen atoms in total. The van der Waals surface area contributed by atoms with Crippen LogP contribution in [0.3, 0.4) is 0 Å². The molecule has 0 aliphatic heterocycles. The smallest absolute Gasteiger partial charge is 0.135 e. The summed E-state index contributed by atoms with van der Waals surface area (Å²) in [5.74, 6) is 0.933. The van der Waals surface area contributed by atoms with Gasteiger partial charge in [0.25, 0.3) is 0 Å². The first-order chi connectivity index (χ1) is 8.43. The van der Waals surface area contributed by atoms with Crippen LogP contribution in [0.2, 0.25) is 0 Å². The Morgan fingerprint density at radius 1 is 0.882 bits per heavy atom. The van der Waals surface area contributed by atoms with Crippen molar-refractivity contribution in [1.29, 1.82) is 0 Å². The molecule has 0 bridgehead atoms. The second-order valence-electron chi connectivity index (χ2n) is 4.36. The number of hydrogen-bond acceptors (Lipinski definition) is 1. The molecule has 94 valence electrons. The van der Waals surface area contributed by atoms with Crippen molar-refractivity contribution in [2.75, 3.05) is 0 Å². The maximum Gasteiger partial charge on any atom is 0.135 e. The standard InChI is InChI=1S/C16H24O/c1-2-3-4-5-6-7-8-12-15-17-16-13-10-9-11-14-16/h9-11,13-15H,1-8,12H2. The summed E-state index contributed by atoms with van der Waals surface area (Å²) in [4.78, 5) is 0. The SMILES string of the molecule is [CH2]CCCCCCCC[CH]Oc1ccccc1. The summed E-state index contributed by atoms with van der Waals surface area (Å²) in [6, 6.07) is 9.95. The Bertz CT molecular complexity index is 255. The lowest BCUT2D eigenvalue weighted by atomic mass is 10.1. The van der Waals surface area contributed by atoms with Gasteiger partial charge in [-0.15, -0.1) is 0 Å². The van der Waals surface area contributed by atoms with Crippen LogP contribution in [-0.4, -0.2) is 0 Å². The Labute approximate surface area is 106 Å². The molecule has 17 heavy (non-hydrogen) atoms. The predicted octanol–water partition coefficient (Wildman–Crippen LogP) is 5.18. The molecule has 0 amide bonds. The fourth-order valence-electron chi connectivity index (χ4n) is 1.77. The zero-order valence-corrected chi connectivity index (χ0v) is 10.7. The van der Waals surface area contributed by atoms with Gasteiger partial charge in [0, 0.05) is 0 Å². The van der Waals surface area contributed by atoms with Crippen LogP contribution >= 0.6 is 0 Å². The Morgan fingerprint density at radius 3 is 2.24 bits per heavy atom. The lowest BCUT2D eigenvalue weighted by Crippen LogP contribution is -1.90. The van der Waals surface area contributed by atoms with E-state index in [1.807, 2.05) is 36.9 Å². The highest BCUT2D eigenvalue weighted by Crippen LogP contribution is 2.13. The predicted molar refractivity (Wildman–Crippen MR) is 73.7 cm³/mol. The van der Waals surface area contributed by atoms with Crippen LogP contribution in [0.4, 0.5) is 0 Å². The average Bonchev–Trinajstić information content (AvgIpc) is 2.38. The van der Waals surface area contributed by atoms with E-state index in [-0.39, 0.29) is 0 Å². The van der Waals surface area contributed by atoms with Crippen molar-refractivity contribution in [3.63, 3.8) is 0 Å². The minimum atomic E-state index is 0.933. The number of para-hydroxylation sites is 1. The largest absolute Gasteiger partial charge is 0.487 e. The van der Waals surface area contributed by atoms with Gasteiger partial charge in [-0.2, -0.15) is 0 Å². The van der Waals surface area contributed by atoms with E-state index in [0.29, 0.717) is 0 Å². The first-order valence-electron chi connectivity index (χ1n) is 6.76. The zero-order valence-electron chi connectivity index (χ0n) is 10.7. The van der Waals surface area contributed by atoms with E-state index in [1.54, 1.807) is 0 Å². The molecule has 1 aromatic carbocycles. The molecular formula is C16H24O. The second kappa shape index (κ2) is 10.2. The molecular weight excluding hydrogens is 208 g/mol. The van der Waals surface area contributed by atoms with Crippen LogP contribution in [-0.2, 0) is 0 Å². The lowest BCUT2D eigenvalue weighted by molar-refractivity contribution is 0.383. The van der Waals surface area contributed by atoms with Gasteiger partial charge in [-0.3, -0.25) is 0 Å². The van der Waals surface area contributed by atoms with Gasteiger partial charge >= 0.3 is 0 Å². The molecule has 0 aliphatic carbocycles. The number of hydrogen-bond donors (Lipinski definition) is 0. The molecule has 1 rings (SSSR count). The monoisotopic (exact) mass is 232 g/mol. The minimum absolute atomic E-state index is 0.933. The van der Waals surface area contributed by atoms with Crippen LogP contribution in [0.25, 0.3) is 0 Å². The zero-order chi connectivity index (χ0) is 12.2. The molecule has 0 saturated heterocycles. The van der Waals surface area contributed by atoms with Crippen LogP contribution in [0.15, 0.2) is 30.3 Å². The maximum absolute atomic E-state index is 5.52. The fourth-order valence-corrected chi connectivity index (χ4v) is 1.77. The van der Waals surface area contributed by atoms with Crippen LogP contribution < -0.4 is 4.74 Å². The van der Waals surface area contributed by atoms with E-state index in [1.165, 1.54) is 38.5 Å². The van der Waals surface area contributed by atoms with Crippen LogP contribution in [0, 0.1) is 13.5 Å². The van der Waals surface area contributed by atoms with E-state index in [9.17, 15) is 0 Å². The topological polar surface area (TPSA) is 9.23 Å². The van der Waals surface area contributed by atoms with Crippen LogP contribution in [0.5, 0.6) is 5.75 Å². The first-order valence-corrected chi connectivity index (χ1v) is 6.76. The van der Waals surface area contributed by atoms with Gasteiger partial charge in [-0.05, 0) is 25.0 Å². The summed E-state index contributed by atoms with van der Waals surface area (Å²) in [5, 5.41) is 0. The molecule has 0 aromatic heterocycles. The van der Waals surface area contributed by atoms with Gasteiger partial charge in [-0.25, -0.2) is 0 Å². The number of benzene rings is 1. The molecule has 1 heteroatoms. The van der Waals surface area contributed by atoms with Crippen LogP contribution in [0.1, 0.15) is 51.4 Å². The summed E-state index contributed by atoms with van der Waals surface area (Å²) in [5.41, 5.74) is 0.